The molecule has 4 nitrogen and oxygen atoms in total. The third-order valence-electron chi connectivity index (χ3n) is 2.70. The Morgan fingerprint density at radius 3 is 2.62 bits per heavy atom. The van der Waals surface area contributed by atoms with E-state index in [1.165, 1.54) is 25.0 Å². The highest BCUT2D eigenvalue weighted by atomic mass is 32.2. The summed E-state index contributed by atoms with van der Waals surface area (Å²) in [6, 6.07) is 5.96. The van der Waals surface area contributed by atoms with Crippen molar-refractivity contribution in [1.82, 2.24) is 4.72 Å². The van der Waals surface area contributed by atoms with E-state index in [0.717, 1.165) is 6.42 Å². The van der Waals surface area contributed by atoms with E-state index in [-0.39, 0.29) is 10.6 Å². The number of phenolic OH excluding ortho intramolecular Hbond substituents is 1. The minimum atomic E-state index is -3.56. The predicted octanol–water partition coefficient (Wildman–Crippen LogP) is 1.47. The summed E-state index contributed by atoms with van der Waals surface area (Å²) in [4.78, 5) is -0.0502. The van der Waals surface area contributed by atoms with Crippen LogP contribution in [0, 0.1) is 5.92 Å². The highest BCUT2D eigenvalue weighted by Gasteiger charge is 2.22. The van der Waals surface area contributed by atoms with Crippen LogP contribution in [0.4, 0.5) is 0 Å². The number of aromatic hydroxyl groups is 1. The molecule has 0 aromatic heterocycles. The van der Waals surface area contributed by atoms with Crippen molar-refractivity contribution in [2.75, 3.05) is 6.54 Å². The number of rotatable bonds is 5. The molecule has 0 unspecified atom stereocenters. The third kappa shape index (κ3) is 2.74. The van der Waals surface area contributed by atoms with E-state index >= 15 is 0 Å². The fourth-order valence-corrected chi connectivity index (χ4v) is 2.71. The Balaban J connectivity index is 2.03. The van der Waals surface area contributed by atoms with Crippen LogP contribution in [0.2, 0.25) is 0 Å². The maximum atomic E-state index is 11.8. The van der Waals surface area contributed by atoms with Gasteiger partial charge in [0.05, 0.1) is 0 Å². The molecule has 1 saturated carbocycles. The van der Waals surface area contributed by atoms with Gasteiger partial charge >= 0.3 is 0 Å². The SMILES string of the molecule is O=S(=O)(NCCC1CC1)c1ccccc1O. The first-order chi connectivity index (χ1) is 7.59. The topological polar surface area (TPSA) is 66.4 Å². The minimum Gasteiger partial charge on any atom is -0.507 e. The second-order valence-electron chi connectivity index (χ2n) is 4.10. The molecule has 0 spiro atoms. The molecule has 1 aromatic carbocycles. The van der Waals surface area contributed by atoms with Crippen molar-refractivity contribution in [2.45, 2.75) is 24.2 Å². The molecule has 5 heteroatoms. The van der Waals surface area contributed by atoms with Crippen molar-refractivity contribution >= 4 is 10.0 Å². The van der Waals surface area contributed by atoms with Crippen molar-refractivity contribution < 1.29 is 13.5 Å². The molecule has 0 heterocycles. The van der Waals surface area contributed by atoms with Crippen LogP contribution in [0.5, 0.6) is 5.75 Å². The quantitative estimate of drug-likeness (QED) is 0.820. The lowest BCUT2D eigenvalue weighted by Gasteiger charge is -2.07. The van der Waals surface area contributed by atoms with Gasteiger partial charge in [0.15, 0.2) is 0 Å². The van der Waals surface area contributed by atoms with Crippen LogP contribution in [0.3, 0.4) is 0 Å². The summed E-state index contributed by atoms with van der Waals surface area (Å²) in [7, 11) is -3.56. The van der Waals surface area contributed by atoms with Gasteiger partial charge in [-0.2, -0.15) is 0 Å². The van der Waals surface area contributed by atoms with Crippen LogP contribution < -0.4 is 4.72 Å². The Labute approximate surface area is 95.4 Å². The molecular formula is C11H15NO3S. The number of para-hydroxylation sites is 1. The van der Waals surface area contributed by atoms with Gasteiger partial charge in [-0.3, -0.25) is 0 Å². The summed E-state index contributed by atoms with van der Waals surface area (Å²) in [6.07, 6.45) is 3.30. The van der Waals surface area contributed by atoms with Crippen LogP contribution >= 0.6 is 0 Å². The number of phenols is 1. The van der Waals surface area contributed by atoms with Crippen LogP contribution in [0.1, 0.15) is 19.3 Å². The van der Waals surface area contributed by atoms with E-state index in [0.29, 0.717) is 12.5 Å². The van der Waals surface area contributed by atoms with E-state index in [9.17, 15) is 13.5 Å². The standard InChI is InChI=1S/C11H15NO3S/c13-10-3-1-2-4-11(10)16(14,15)12-8-7-9-5-6-9/h1-4,9,12-13H,5-8H2. The van der Waals surface area contributed by atoms with E-state index in [1.807, 2.05) is 0 Å². The maximum absolute atomic E-state index is 11.8. The molecule has 0 aliphatic heterocycles. The van der Waals surface area contributed by atoms with Gasteiger partial charge in [0, 0.05) is 6.54 Å². The zero-order chi connectivity index (χ0) is 11.6. The monoisotopic (exact) mass is 241 g/mol. The van der Waals surface area contributed by atoms with Crippen molar-refractivity contribution in [2.24, 2.45) is 5.92 Å². The summed E-state index contributed by atoms with van der Waals surface area (Å²) in [5, 5.41) is 9.45. The van der Waals surface area contributed by atoms with Gasteiger partial charge in [0.1, 0.15) is 10.6 Å². The number of nitrogens with one attached hydrogen (secondary N) is 1. The van der Waals surface area contributed by atoms with E-state index < -0.39 is 10.0 Å². The van der Waals surface area contributed by atoms with E-state index in [4.69, 9.17) is 0 Å². The maximum Gasteiger partial charge on any atom is 0.244 e. The second kappa shape index (κ2) is 4.43. The van der Waals surface area contributed by atoms with Crippen LogP contribution in [-0.2, 0) is 10.0 Å². The Bertz CT molecular complexity index is 466. The van der Waals surface area contributed by atoms with Gasteiger partial charge < -0.3 is 5.11 Å². The molecular weight excluding hydrogens is 226 g/mol. The van der Waals surface area contributed by atoms with Crippen LogP contribution in [-0.4, -0.2) is 20.1 Å². The number of benzene rings is 1. The summed E-state index contributed by atoms with van der Waals surface area (Å²) in [6.45, 7) is 0.446. The Morgan fingerprint density at radius 1 is 1.31 bits per heavy atom. The highest BCUT2D eigenvalue weighted by molar-refractivity contribution is 7.89. The fraction of sp³-hybridized carbons (Fsp3) is 0.455. The summed E-state index contributed by atoms with van der Waals surface area (Å²) >= 11 is 0. The van der Waals surface area contributed by atoms with Gasteiger partial charge in [-0.25, -0.2) is 13.1 Å². The summed E-state index contributed by atoms with van der Waals surface area (Å²) in [5.74, 6) is 0.480. The lowest BCUT2D eigenvalue weighted by Crippen LogP contribution is -2.25. The van der Waals surface area contributed by atoms with Crippen molar-refractivity contribution in [3.63, 3.8) is 0 Å². The average Bonchev–Trinajstić information content (AvgIpc) is 3.02. The first kappa shape index (κ1) is 11.4. The van der Waals surface area contributed by atoms with Crippen molar-refractivity contribution in [3.05, 3.63) is 24.3 Å². The molecule has 0 amide bonds. The average molecular weight is 241 g/mol. The summed E-state index contributed by atoms with van der Waals surface area (Å²) in [5.41, 5.74) is 0. The molecule has 1 fully saturated rings. The van der Waals surface area contributed by atoms with Gasteiger partial charge in [-0.05, 0) is 24.5 Å². The lowest BCUT2D eigenvalue weighted by atomic mass is 10.3. The highest BCUT2D eigenvalue weighted by Crippen LogP contribution is 2.32. The van der Waals surface area contributed by atoms with Gasteiger partial charge in [0.2, 0.25) is 10.0 Å². The van der Waals surface area contributed by atoms with E-state index in [1.54, 1.807) is 12.1 Å². The molecule has 2 rings (SSSR count). The Hall–Kier alpha value is -1.07. The van der Waals surface area contributed by atoms with E-state index in [2.05, 4.69) is 4.72 Å². The number of sulfonamides is 1. The molecule has 2 N–H and O–H groups in total. The largest absolute Gasteiger partial charge is 0.507 e. The molecule has 1 aromatic rings. The Kier molecular flexibility index (Phi) is 3.16. The van der Waals surface area contributed by atoms with Gasteiger partial charge in [0.25, 0.3) is 0 Å². The minimum absolute atomic E-state index is 0.0502. The molecule has 0 radical (unpaired) electrons. The molecule has 88 valence electrons. The zero-order valence-electron chi connectivity index (χ0n) is 8.89. The molecule has 1 aliphatic rings. The predicted molar refractivity (Wildman–Crippen MR) is 60.6 cm³/mol. The lowest BCUT2D eigenvalue weighted by molar-refractivity contribution is 0.458. The van der Waals surface area contributed by atoms with Gasteiger partial charge in [-0.1, -0.05) is 25.0 Å². The first-order valence-corrected chi connectivity index (χ1v) is 6.85. The molecule has 0 bridgehead atoms. The first-order valence-electron chi connectivity index (χ1n) is 5.37. The normalized spacial score (nSPS) is 16.2. The molecule has 1 aliphatic carbocycles. The van der Waals surface area contributed by atoms with Crippen LogP contribution in [0.15, 0.2) is 29.2 Å². The van der Waals surface area contributed by atoms with Gasteiger partial charge in [-0.15, -0.1) is 0 Å². The second-order valence-corrected chi connectivity index (χ2v) is 5.83. The number of hydrogen-bond acceptors (Lipinski definition) is 3. The smallest absolute Gasteiger partial charge is 0.244 e. The summed E-state index contributed by atoms with van der Waals surface area (Å²) < 4.78 is 26.1. The zero-order valence-corrected chi connectivity index (χ0v) is 9.70. The number of hydrogen-bond donors (Lipinski definition) is 2. The molecule has 16 heavy (non-hydrogen) atoms. The third-order valence-corrected chi connectivity index (χ3v) is 4.20. The van der Waals surface area contributed by atoms with Crippen LogP contribution in [0.25, 0.3) is 0 Å². The van der Waals surface area contributed by atoms with Crippen molar-refractivity contribution in [3.8, 4) is 5.75 Å². The van der Waals surface area contributed by atoms with Crippen molar-refractivity contribution in [1.29, 1.82) is 0 Å². The Morgan fingerprint density at radius 2 is 2.00 bits per heavy atom. The molecule has 0 saturated heterocycles. The fourth-order valence-electron chi connectivity index (χ4n) is 1.57. The molecule has 0 atom stereocenters.